The maximum atomic E-state index is 6.30. The second kappa shape index (κ2) is 5.95. The number of nitrogens with two attached hydrogens (primary N) is 1. The molecular formula is C17H25NO3. The summed E-state index contributed by atoms with van der Waals surface area (Å²) in [5.74, 6) is 0.922. The van der Waals surface area contributed by atoms with Gasteiger partial charge in [-0.05, 0) is 25.5 Å². The molecule has 3 rings (SSSR count). The molecular weight excluding hydrogens is 266 g/mol. The van der Waals surface area contributed by atoms with E-state index in [-0.39, 0.29) is 17.7 Å². The van der Waals surface area contributed by atoms with Crippen molar-refractivity contribution in [2.24, 2.45) is 5.73 Å². The highest BCUT2D eigenvalue weighted by molar-refractivity contribution is 5.39. The number of benzene rings is 1. The van der Waals surface area contributed by atoms with Gasteiger partial charge in [-0.2, -0.15) is 0 Å². The highest BCUT2D eigenvalue weighted by Gasteiger charge is 2.41. The fraction of sp³-hybridized carbons (Fsp3) is 0.647. The van der Waals surface area contributed by atoms with Crippen molar-refractivity contribution in [1.29, 1.82) is 0 Å². The Morgan fingerprint density at radius 3 is 2.95 bits per heavy atom. The molecule has 2 N–H and O–H groups in total. The van der Waals surface area contributed by atoms with Gasteiger partial charge in [0.15, 0.2) is 0 Å². The first kappa shape index (κ1) is 14.8. The van der Waals surface area contributed by atoms with Crippen molar-refractivity contribution in [1.82, 2.24) is 0 Å². The number of ether oxygens (including phenoxy) is 3. The Morgan fingerprint density at radius 2 is 2.24 bits per heavy atom. The summed E-state index contributed by atoms with van der Waals surface area (Å²) in [4.78, 5) is 0. The van der Waals surface area contributed by atoms with Gasteiger partial charge in [0, 0.05) is 37.5 Å². The summed E-state index contributed by atoms with van der Waals surface area (Å²) in [6.07, 6.45) is 2.98. The van der Waals surface area contributed by atoms with E-state index in [9.17, 15) is 0 Å². The predicted octanol–water partition coefficient (Wildman–Crippen LogP) is 2.73. The minimum Gasteiger partial charge on any atom is -0.490 e. The standard InChI is InChI=1S/C17H25NO3/c1-12-3-4-15(13(2)18)16(9-12)21-14-5-7-20-17(10-14)6-8-19-11-17/h3-4,9,13-14H,5-8,10-11,18H2,1-2H3. The Kier molecular flexibility index (Phi) is 4.20. The van der Waals surface area contributed by atoms with E-state index in [0.29, 0.717) is 6.61 Å². The molecule has 3 unspecified atom stereocenters. The average Bonchev–Trinajstić information content (AvgIpc) is 2.86. The minimum absolute atomic E-state index is 0.0239. The molecule has 0 radical (unpaired) electrons. The SMILES string of the molecule is Cc1ccc(C(C)N)c(OC2CCOC3(CCOC3)C2)c1. The molecule has 116 valence electrons. The smallest absolute Gasteiger partial charge is 0.124 e. The molecule has 2 fully saturated rings. The third-order valence-electron chi connectivity index (χ3n) is 4.47. The Labute approximate surface area is 126 Å². The van der Waals surface area contributed by atoms with Crippen LogP contribution in [-0.4, -0.2) is 31.5 Å². The molecule has 1 spiro atoms. The fourth-order valence-corrected chi connectivity index (χ4v) is 3.25. The molecule has 4 nitrogen and oxygen atoms in total. The number of rotatable bonds is 3. The summed E-state index contributed by atoms with van der Waals surface area (Å²) in [6, 6.07) is 6.22. The summed E-state index contributed by atoms with van der Waals surface area (Å²) in [5, 5.41) is 0. The van der Waals surface area contributed by atoms with Crippen LogP contribution in [0.3, 0.4) is 0 Å². The number of hydrogen-bond donors (Lipinski definition) is 1. The molecule has 0 saturated carbocycles. The largest absolute Gasteiger partial charge is 0.490 e. The quantitative estimate of drug-likeness (QED) is 0.930. The molecule has 1 aromatic carbocycles. The van der Waals surface area contributed by atoms with Crippen molar-refractivity contribution in [2.45, 2.75) is 50.9 Å². The summed E-state index contributed by atoms with van der Waals surface area (Å²) in [7, 11) is 0. The first-order valence-electron chi connectivity index (χ1n) is 7.82. The van der Waals surface area contributed by atoms with Gasteiger partial charge in [-0.25, -0.2) is 0 Å². The second-order valence-electron chi connectivity index (χ2n) is 6.40. The molecule has 2 saturated heterocycles. The van der Waals surface area contributed by atoms with Crippen LogP contribution in [0.5, 0.6) is 5.75 Å². The van der Waals surface area contributed by atoms with Gasteiger partial charge in [0.2, 0.25) is 0 Å². The molecule has 2 aliphatic rings. The normalized spacial score (nSPS) is 30.5. The third-order valence-corrected chi connectivity index (χ3v) is 4.47. The van der Waals surface area contributed by atoms with Gasteiger partial charge in [0.1, 0.15) is 11.9 Å². The second-order valence-corrected chi connectivity index (χ2v) is 6.40. The van der Waals surface area contributed by atoms with Gasteiger partial charge in [-0.1, -0.05) is 12.1 Å². The van der Waals surface area contributed by atoms with Crippen LogP contribution in [0.1, 0.15) is 43.4 Å². The van der Waals surface area contributed by atoms with Gasteiger partial charge >= 0.3 is 0 Å². The Hall–Kier alpha value is -1.10. The first-order valence-corrected chi connectivity index (χ1v) is 7.82. The summed E-state index contributed by atoms with van der Waals surface area (Å²) >= 11 is 0. The molecule has 4 heteroatoms. The molecule has 2 aliphatic heterocycles. The molecule has 0 aliphatic carbocycles. The Bertz CT molecular complexity index is 495. The first-order chi connectivity index (χ1) is 10.1. The lowest BCUT2D eigenvalue weighted by atomic mass is 9.91. The van der Waals surface area contributed by atoms with E-state index in [0.717, 1.165) is 43.8 Å². The predicted molar refractivity (Wildman–Crippen MR) is 81.6 cm³/mol. The van der Waals surface area contributed by atoms with Crippen molar-refractivity contribution in [3.63, 3.8) is 0 Å². The summed E-state index contributed by atoms with van der Waals surface area (Å²) < 4.78 is 17.8. The molecule has 0 bridgehead atoms. The Balaban J connectivity index is 1.75. The molecule has 21 heavy (non-hydrogen) atoms. The fourth-order valence-electron chi connectivity index (χ4n) is 3.25. The van der Waals surface area contributed by atoms with Crippen LogP contribution in [0.2, 0.25) is 0 Å². The van der Waals surface area contributed by atoms with Crippen molar-refractivity contribution in [2.75, 3.05) is 19.8 Å². The topological polar surface area (TPSA) is 53.7 Å². The monoisotopic (exact) mass is 291 g/mol. The van der Waals surface area contributed by atoms with Gasteiger partial charge in [0.25, 0.3) is 0 Å². The number of hydrogen-bond acceptors (Lipinski definition) is 4. The Morgan fingerprint density at radius 1 is 1.38 bits per heavy atom. The third kappa shape index (κ3) is 3.23. The zero-order valence-corrected chi connectivity index (χ0v) is 12.9. The van der Waals surface area contributed by atoms with Crippen molar-refractivity contribution >= 4 is 0 Å². The lowest BCUT2D eigenvalue weighted by molar-refractivity contribution is -0.112. The lowest BCUT2D eigenvalue weighted by Crippen LogP contribution is -2.44. The maximum Gasteiger partial charge on any atom is 0.124 e. The highest BCUT2D eigenvalue weighted by atomic mass is 16.6. The summed E-state index contributed by atoms with van der Waals surface area (Å²) in [5.41, 5.74) is 8.20. The van der Waals surface area contributed by atoms with Gasteiger partial charge in [0.05, 0.1) is 18.8 Å². The highest BCUT2D eigenvalue weighted by Crippen LogP contribution is 2.35. The van der Waals surface area contributed by atoms with Crippen LogP contribution in [0.15, 0.2) is 18.2 Å². The maximum absolute atomic E-state index is 6.30. The zero-order chi connectivity index (χ0) is 14.9. The van der Waals surface area contributed by atoms with E-state index in [4.69, 9.17) is 19.9 Å². The van der Waals surface area contributed by atoms with E-state index < -0.39 is 0 Å². The van der Waals surface area contributed by atoms with E-state index >= 15 is 0 Å². The lowest BCUT2D eigenvalue weighted by Gasteiger charge is -2.37. The molecule has 3 atom stereocenters. The summed E-state index contributed by atoms with van der Waals surface area (Å²) in [6.45, 7) is 6.30. The van der Waals surface area contributed by atoms with Gasteiger partial charge in [-0.3, -0.25) is 0 Å². The van der Waals surface area contributed by atoms with Gasteiger partial charge in [-0.15, -0.1) is 0 Å². The van der Waals surface area contributed by atoms with E-state index in [1.807, 2.05) is 6.92 Å². The van der Waals surface area contributed by atoms with Crippen LogP contribution in [0.4, 0.5) is 0 Å². The van der Waals surface area contributed by atoms with Crippen LogP contribution in [0, 0.1) is 6.92 Å². The van der Waals surface area contributed by atoms with Crippen LogP contribution >= 0.6 is 0 Å². The van der Waals surface area contributed by atoms with Crippen molar-refractivity contribution in [3.05, 3.63) is 29.3 Å². The van der Waals surface area contributed by atoms with Crippen molar-refractivity contribution in [3.8, 4) is 5.75 Å². The zero-order valence-electron chi connectivity index (χ0n) is 12.9. The number of aryl methyl sites for hydroxylation is 1. The molecule has 0 aromatic heterocycles. The van der Waals surface area contributed by atoms with Crippen molar-refractivity contribution < 1.29 is 14.2 Å². The molecule has 0 amide bonds. The van der Waals surface area contributed by atoms with Crippen LogP contribution in [0.25, 0.3) is 0 Å². The van der Waals surface area contributed by atoms with Crippen LogP contribution in [-0.2, 0) is 9.47 Å². The van der Waals surface area contributed by atoms with E-state index in [1.165, 1.54) is 5.56 Å². The van der Waals surface area contributed by atoms with Crippen LogP contribution < -0.4 is 10.5 Å². The van der Waals surface area contributed by atoms with E-state index in [2.05, 4.69) is 25.1 Å². The average molecular weight is 291 g/mol. The van der Waals surface area contributed by atoms with E-state index in [1.54, 1.807) is 0 Å². The molecule has 2 heterocycles. The molecule has 1 aromatic rings. The van der Waals surface area contributed by atoms with Gasteiger partial charge < -0.3 is 19.9 Å². The minimum atomic E-state index is -0.124.